The third-order valence-electron chi connectivity index (χ3n) is 1.86. The van der Waals surface area contributed by atoms with Crippen molar-refractivity contribution in [3.8, 4) is 0 Å². The molecule has 0 rings (SSSR count). The molecule has 76 valence electrons. The van der Waals surface area contributed by atoms with E-state index in [-0.39, 0.29) is 11.8 Å². The third kappa shape index (κ3) is 3.89. The van der Waals surface area contributed by atoms with Crippen molar-refractivity contribution in [2.75, 3.05) is 6.61 Å². The lowest BCUT2D eigenvalue weighted by Crippen LogP contribution is -2.45. The minimum absolute atomic E-state index is 0.228. The normalized spacial score (nSPS) is 14.7. The number of aliphatic hydroxyl groups excluding tert-OH is 1. The van der Waals surface area contributed by atoms with Crippen molar-refractivity contribution in [3.63, 3.8) is 0 Å². The lowest BCUT2D eigenvalue weighted by atomic mass is 10.1. The Morgan fingerprint density at radius 2 is 2.00 bits per heavy atom. The molecule has 0 radical (unpaired) electrons. The van der Waals surface area contributed by atoms with E-state index in [0.29, 0.717) is 6.42 Å². The van der Waals surface area contributed by atoms with Gasteiger partial charge in [0.15, 0.2) is 0 Å². The first-order valence-electron chi connectivity index (χ1n) is 4.17. The molecule has 2 atom stereocenters. The average Bonchev–Trinajstić information content (AvgIpc) is 2.11. The molecule has 0 heterocycles. The van der Waals surface area contributed by atoms with E-state index in [0.717, 1.165) is 0 Å². The van der Waals surface area contributed by atoms with E-state index in [1.54, 1.807) is 6.92 Å². The summed E-state index contributed by atoms with van der Waals surface area (Å²) in [7, 11) is 0. The first-order chi connectivity index (χ1) is 6.02. The van der Waals surface area contributed by atoms with Crippen molar-refractivity contribution in [3.05, 3.63) is 0 Å². The zero-order chi connectivity index (χ0) is 10.4. The van der Waals surface area contributed by atoms with Gasteiger partial charge in [0.05, 0.1) is 6.61 Å². The van der Waals surface area contributed by atoms with Crippen LogP contribution in [0.4, 0.5) is 0 Å². The van der Waals surface area contributed by atoms with Crippen LogP contribution in [0.3, 0.4) is 0 Å². The fraction of sp³-hybridized carbons (Fsp3) is 0.750. The standard InChI is InChI=1S/C8H15NO4/c1-3-5(2)7(11)9-6(4-10)8(12)13/h5-6,10H,3-4H2,1-2H3,(H,9,11)(H,12,13)/t5?,6-/m1/s1. The second kappa shape index (κ2) is 5.53. The van der Waals surface area contributed by atoms with E-state index in [1.165, 1.54) is 0 Å². The number of aliphatic carboxylic acids is 1. The Balaban J connectivity index is 4.09. The van der Waals surface area contributed by atoms with E-state index in [1.807, 2.05) is 6.92 Å². The van der Waals surface area contributed by atoms with Crippen molar-refractivity contribution >= 4 is 11.9 Å². The molecule has 3 N–H and O–H groups in total. The molecule has 1 unspecified atom stereocenters. The summed E-state index contributed by atoms with van der Waals surface area (Å²) < 4.78 is 0. The van der Waals surface area contributed by atoms with E-state index < -0.39 is 18.6 Å². The molecule has 5 nitrogen and oxygen atoms in total. The fourth-order valence-electron chi connectivity index (χ4n) is 0.685. The van der Waals surface area contributed by atoms with Gasteiger partial charge in [-0.05, 0) is 6.42 Å². The van der Waals surface area contributed by atoms with Gasteiger partial charge < -0.3 is 15.5 Å². The van der Waals surface area contributed by atoms with Crippen LogP contribution in [0.15, 0.2) is 0 Å². The quantitative estimate of drug-likeness (QED) is 0.549. The van der Waals surface area contributed by atoms with Gasteiger partial charge in [0, 0.05) is 5.92 Å². The number of hydrogen-bond donors (Lipinski definition) is 3. The molecule has 0 aromatic carbocycles. The number of carboxylic acids is 1. The molecule has 0 bridgehead atoms. The predicted molar refractivity (Wildman–Crippen MR) is 46.1 cm³/mol. The highest BCUT2D eigenvalue weighted by Gasteiger charge is 2.20. The number of nitrogens with one attached hydrogen (secondary N) is 1. The molecule has 0 fully saturated rings. The Labute approximate surface area is 76.8 Å². The van der Waals surface area contributed by atoms with Gasteiger partial charge in [-0.15, -0.1) is 0 Å². The highest BCUT2D eigenvalue weighted by atomic mass is 16.4. The molecule has 0 aromatic heterocycles. The molecule has 0 saturated heterocycles. The molecule has 13 heavy (non-hydrogen) atoms. The van der Waals surface area contributed by atoms with Crippen LogP contribution in [0.25, 0.3) is 0 Å². The minimum atomic E-state index is -1.22. The molecule has 0 aliphatic carbocycles. The maximum Gasteiger partial charge on any atom is 0.328 e. The van der Waals surface area contributed by atoms with Crippen LogP contribution in [0.2, 0.25) is 0 Å². The van der Waals surface area contributed by atoms with Gasteiger partial charge in [0.2, 0.25) is 5.91 Å². The zero-order valence-electron chi connectivity index (χ0n) is 7.78. The summed E-state index contributed by atoms with van der Waals surface area (Å²) in [6.45, 7) is 2.95. The molecule has 0 saturated carbocycles. The maximum absolute atomic E-state index is 11.2. The van der Waals surface area contributed by atoms with Crippen LogP contribution < -0.4 is 5.32 Å². The van der Waals surface area contributed by atoms with E-state index in [4.69, 9.17) is 10.2 Å². The third-order valence-corrected chi connectivity index (χ3v) is 1.86. The molecule has 0 aliphatic rings. The lowest BCUT2D eigenvalue weighted by Gasteiger charge is -2.14. The molecule has 5 heteroatoms. The molecule has 0 aliphatic heterocycles. The summed E-state index contributed by atoms with van der Waals surface area (Å²) in [6, 6.07) is -1.19. The number of carboxylic acid groups (broad SMARTS) is 1. The largest absolute Gasteiger partial charge is 0.480 e. The molecular weight excluding hydrogens is 174 g/mol. The molecule has 1 amide bonds. The molecular formula is C8H15NO4. The number of rotatable bonds is 5. The van der Waals surface area contributed by atoms with Gasteiger partial charge in [0.1, 0.15) is 6.04 Å². The van der Waals surface area contributed by atoms with Crippen LogP contribution >= 0.6 is 0 Å². The van der Waals surface area contributed by atoms with E-state index in [2.05, 4.69) is 5.32 Å². The van der Waals surface area contributed by atoms with E-state index in [9.17, 15) is 9.59 Å². The van der Waals surface area contributed by atoms with Crippen molar-refractivity contribution in [2.45, 2.75) is 26.3 Å². The first-order valence-corrected chi connectivity index (χ1v) is 4.17. The van der Waals surface area contributed by atoms with Gasteiger partial charge in [-0.25, -0.2) is 4.79 Å². The van der Waals surface area contributed by atoms with E-state index >= 15 is 0 Å². The smallest absolute Gasteiger partial charge is 0.328 e. The fourth-order valence-corrected chi connectivity index (χ4v) is 0.685. The minimum Gasteiger partial charge on any atom is -0.480 e. The number of amides is 1. The van der Waals surface area contributed by atoms with Crippen LogP contribution in [-0.4, -0.2) is 34.7 Å². The second-order valence-electron chi connectivity index (χ2n) is 2.89. The van der Waals surface area contributed by atoms with Crippen LogP contribution in [-0.2, 0) is 9.59 Å². The predicted octanol–water partition coefficient (Wildman–Crippen LogP) is -0.406. The topological polar surface area (TPSA) is 86.6 Å². The maximum atomic E-state index is 11.2. The Hall–Kier alpha value is -1.10. The summed E-state index contributed by atoms with van der Waals surface area (Å²) in [5.74, 6) is -1.79. The van der Waals surface area contributed by atoms with Crippen molar-refractivity contribution in [2.24, 2.45) is 5.92 Å². The highest BCUT2D eigenvalue weighted by Crippen LogP contribution is 2.00. The summed E-state index contributed by atoms with van der Waals surface area (Å²) in [4.78, 5) is 21.6. The van der Waals surface area contributed by atoms with Crippen LogP contribution in [0.5, 0.6) is 0 Å². The number of carbonyl (C=O) groups excluding carboxylic acids is 1. The summed E-state index contributed by atoms with van der Waals surface area (Å²) >= 11 is 0. The van der Waals surface area contributed by atoms with Gasteiger partial charge in [0.25, 0.3) is 0 Å². The Bertz CT molecular complexity index is 193. The Kier molecular flexibility index (Phi) is 5.06. The first kappa shape index (κ1) is 11.9. The molecule has 0 spiro atoms. The summed E-state index contributed by atoms with van der Waals surface area (Å²) in [6.07, 6.45) is 0.642. The number of aliphatic hydroxyl groups is 1. The van der Waals surface area contributed by atoms with Crippen LogP contribution in [0, 0.1) is 5.92 Å². The van der Waals surface area contributed by atoms with Crippen molar-refractivity contribution in [1.82, 2.24) is 5.32 Å². The number of hydrogen-bond acceptors (Lipinski definition) is 3. The SMILES string of the molecule is CCC(C)C(=O)N[C@H](CO)C(=O)O. The van der Waals surface area contributed by atoms with Crippen LogP contribution in [0.1, 0.15) is 20.3 Å². The van der Waals surface area contributed by atoms with Gasteiger partial charge in [-0.1, -0.05) is 13.8 Å². The zero-order valence-corrected chi connectivity index (χ0v) is 7.78. The van der Waals surface area contributed by atoms with Gasteiger partial charge in [-0.3, -0.25) is 4.79 Å². The highest BCUT2D eigenvalue weighted by molar-refractivity contribution is 5.84. The summed E-state index contributed by atoms with van der Waals surface area (Å²) in [5.41, 5.74) is 0. The Morgan fingerprint density at radius 3 is 2.31 bits per heavy atom. The lowest BCUT2D eigenvalue weighted by molar-refractivity contribution is -0.143. The molecule has 0 aromatic rings. The second-order valence-corrected chi connectivity index (χ2v) is 2.89. The average molecular weight is 189 g/mol. The van der Waals surface area contributed by atoms with Gasteiger partial charge >= 0.3 is 5.97 Å². The van der Waals surface area contributed by atoms with Crippen molar-refractivity contribution < 1.29 is 19.8 Å². The van der Waals surface area contributed by atoms with Gasteiger partial charge in [-0.2, -0.15) is 0 Å². The summed E-state index contributed by atoms with van der Waals surface area (Å²) in [5, 5.41) is 19.3. The Morgan fingerprint density at radius 1 is 1.46 bits per heavy atom. The monoisotopic (exact) mass is 189 g/mol. The number of carbonyl (C=O) groups is 2. The van der Waals surface area contributed by atoms with Crippen molar-refractivity contribution in [1.29, 1.82) is 0 Å².